The first-order valence-corrected chi connectivity index (χ1v) is 9.61. The first-order valence-electron chi connectivity index (χ1n) is 9.23. The van der Waals surface area contributed by atoms with Gasteiger partial charge in [0.2, 0.25) is 0 Å². The second kappa shape index (κ2) is 10.8. The van der Waals surface area contributed by atoms with E-state index in [1.165, 1.54) is 6.21 Å². The van der Waals surface area contributed by atoms with Crippen molar-refractivity contribution in [2.24, 2.45) is 5.10 Å². The molecule has 3 rings (SSSR count). The van der Waals surface area contributed by atoms with Crippen LogP contribution in [0.1, 0.15) is 16.7 Å². The minimum Gasteiger partial charge on any atom is -0.489 e. The highest BCUT2D eigenvalue weighted by Gasteiger charge is 2.11. The van der Waals surface area contributed by atoms with Crippen molar-refractivity contribution in [2.45, 2.75) is 13.2 Å². The molecule has 0 heterocycles. The summed E-state index contributed by atoms with van der Waals surface area (Å²) in [6.07, 6.45) is 1.44. The van der Waals surface area contributed by atoms with E-state index in [-0.39, 0.29) is 6.54 Å². The highest BCUT2D eigenvalue weighted by Crippen LogP contribution is 2.18. The van der Waals surface area contributed by atoms with Gasteiger partial charge in [-0.25, -0.2) is 5.43 Å². The molecule has 0 saturated carbocycles. The number of benzene rings is 3. The van der Waals surface area contributed by atoms with Crippen LogP contribution in [0, 0.1) is 0 Å². The number of amides is 2. The summed E-state index contributed by atoms with van der Waals surface area (Å²) >= 11 is 6.11. The van der Waals surface area contributed by atoms with E-state index in [0.717, 1.165) is 16.7 Å². The Morgan fingerprint density at radius 1 is 0.900 bits per heavy atom. The number of carbonyl (C=O) groups is 2. The van der Waals surface area contributed by atoms with Crippen LogP contribution in [-0.4, -0.2) is 18.0 Å². The van der Waals surface area contributed by atoms with E-state index in [9.17, 15) is 9.59 Å². The lowest BCUT2D eigenvalue weighted by Crippen LogP contribution is -2.37. The number of hydrogen-bond acceptors (Lipinski definition) is 4. The molecule has 3 aromatic rings. The first-order chi connectivity index (χ1) is 14.6. The number of halogens is 1. The molecule has 7 heteroatoms. The van der Waals surface area contributed by atoms with Gasteiger partial charge >= 0.3 is 11.8 Å². The number of ether oxygens (including phenoxy) is 1. The maximum atomic E-state index is 11.8. The molecule has 0 saturated heterocycles. The van der Waals surface area contributed by atoms with Gasteiger partial charge in [0, 0.05) is 17.1 Å². The number of carbonyl (C=O) groups excluding carboxylic acids is 2. The molecule has 2 amide bonds. The van der Waals surface area contributed by atoms with E-state index < -0.39 is 11.8 Å². The lowest BCUT2D eigenvalue weighted by molar-refractivity contribution is -0.139. The van der Waals surface area contributed by atoms with Gasteiger partial charge in [0.25, 0.3) is 0 Å². The molecule has 0 aromatic heterocycles. The summed E-state index contributed by atoms with van der Waals surface area (Å²) in [6, 6.07) is 23.9. The van der Waals surface area contributed by atoms with Crippen LogP contribution in [0.5, 0.6) is 5.75 Å². The predicted molar refractivity (Wildman–Crippen MR) is 116 cm³/mol. The Bertz CT molecular complexity index is 1020. The Balaban J connectivity index is 1.43. The second-order valence-corrected chi connectivity index (χ2v) is 6.72. The molecule has 0 aliphatic heterocycles. The van der Waals surface area contributed by atoms with Gasteiger partial charge in [-0.05, 0) is 41.5 Å². The Morgan fingerprint density at radius 2 is 1.60 bits per heavy atom. The zero-order valence-corrected chi connectivity index (χ0v) is 16.8. The van der Waals surface area contributed by atoms with Crippen molar-refractivity contribution < 1.29 is 14.3 Å². The van der Waals surface area contributed by atoms with Crippen LogP contribution in [-0.2, 0) is 22.7 Å². The van der Waals surface area contributed by atoms with E-state index in [2.05, 4.69) is 15.8 Å². The fourth-order valence-electron chi connectivity index (χ4n) is 2.50. The highest BCUT2D eigenvalue weighted by atomic mass is 35.5. The third-order valence-electron chi connectivity index (χ3n) is 4.11. The molecule has 0 radical (unpaired) electrons. The average molecular weight is 422 g/mol. The van der Waals surface area contributed by atoms with Crippen LogP contribution < -0.4 is 15.5 Å². The third kappa shape index (κ3) is 6.46. The quantitative estimate of drug-likeness (QED) is 0.347. The van der Waals surface area contributed by atoms with Crippen molar-refractivity contribution in [3.63, 3.8) is 0 Å². The molecule has 0 bridgehead atoms. The molecular formula is C23H20ClN3O3. The molecule has 30 heavy (non-hydrogen) atoms. The SMILES string of the molecule is O=C(NCc1ccccc1)C(=O)N/N=C\c1ccc(OCc2ccccc2Cl)cc1. The molecule has 0 atom stereocenters. The predicted octanol–water partition coefficient (Wildman–Crippen LogP) is 3.69. The number of nitrogens with zero attached hydrogens (tertiary/aromatic N) is 1. The highest BCUT2D eigenvalue weighted by molar-refractivity contribution is 6.35. The standard InChI is InChI=1S/C23H20ClN3O3/c24-21-9-5-4-8-19(21)16-30-20-12-10-18(11-13-20)15-26-27-23(29)22(28)25-14-17-6-2-1-3-7-17/h1-13,15H,14,16H2,(H,25,28)(H,27,29)/b26-15-. The van der Waals surface area contributed by atoms with Crippen LogP contribution in [0.2, 0.25) is 5.02 Å². The maximum absolute atomic E-state index is 11.8. The minimum atomic E-state index is -0.832. The molecular weight excluding hydrogens is 402 g/mol. The molecule has 152 valence electrons. The fourth-order valence-corrected chi connectivity index (χ4v) is 2.69. The van der Waals surface area contributed by atoms with Crippen LogP contribution in [0.4, 0.5) is 0 Å². The molecule has 0 fully saturated rings. The van der Waals surface area contributed by atoms with Crippen molar-refractivity contribution in [2.75, 3.05) is 0 Å². The number of nitrogens with one attached hydrogen (secondary N) is 2. The Labute approximate surface area is 179 Å². The molecule has 0 aliphatic rings. The van der Waals surface area contributed by atoms with Gasteiger partial charge in [-0.3, -0.25) is 9.59 Å². The van der Waals surface area contributed by atoms with Crippen LogP contribution in [0.25, 0.3) is 0 Å². The molecule has 0 unspecified atom stereocenters. The maximum Gasteiger partial charge on any atom is 0.329 e. The summed E-state index contributed by atoms with van der Waals surface area (Å²) in [5, 5.41) is 7.00. The normalized spacial score (nSPS) is 10.6. The van der Waals surface area contributed by atoms with Crippen molar-refractivity contribution in [1.29, 1.82) is 0 Å². The zero-order valence-electron chi connectivity index (χ0n) is 16.0. The number of hydrogen-bond donors (Lipinski definition) is 2. The average Bonchev–Trinajstić information content (AvgIpc) is 2.78. The Kier molecular flexibility index (Phi) is 7.58. The molecule has 0 spiro atoms. The van der Waals surface area contributed by atoms with Gasteiger partial charge in [0.1, 0.15) is 12.4 Å². The summed E-state index contributed by atoms with van der Waals surface area (Å²) in [6.45, 7) is 0.633. The molecule has 2 N–H and O–H groups in total. The van der Waals surface area contributed by atoms with Crippen molar-refractivity contribution in [1.82, 2.24) is 10.7 Å². The first kappa shape index (κ1) is 21.1. The fraction of sp³-hybridized carbons (Fsp3) is 0.0870. The monoisotopic (exact) mass is 421 g/mol. The van der Waals surface area contributed by atoms with Crippen molar-refractivity contribution in [3.05, 3.63) is 101 Å². The summed E-state index contributed by atoms with van der Waals surface area (Å²) in [4.78, 5) is 23.6. The van der Waals surface area contributed by atoms with Crippen molar-refractivity contribution in [3.8, 4) is 5.75 Å². The van der Waals surface area contributed by atoms with Gasteiger partial charge in [-0.1, -0.05) is 60.1 Å². The summed E-state index contributed by atoms with van der Waals surface area (Å²) in [7, 11) is 0. The summed E-state index contributed by atoms with van der Waals surface area (Å²) in [5.74, 6) is -0.905. The van der Waals surface area contributed by atoms with E-state index in [1.54, 1.807) is 24.3 Å². The zero-order chi connectivity index (χ0) is 21.2. The molecule has 3 aromatic carbocycles. The van der Waals surface area contributed by atoms with E-state index in [1.807, 2.05) is 54.6 Å². The van der Waals surface area contributed by atoms with Crippen molar-refractivity contribution >= 4 is 29.6 Å². The summed E-state index contributed by atoms with van der Waals surface area (Å²) < 4.78 is 5.71. The van der Waals surface area contributed by atoms with Crippen LogP contribution in [0.15, 0.2) is 84.0 Å². The largest absolute Gasteiger partial charge is 0.489 e. The second-order valence-electron chi connectivity index (χ2n) is 6.32. The van der Waals surface area contributed by atoms with E-state index in [4.69, 9.17) is 16.3 Å². The molecule has 6 nitrogen and oxygen atoms in total. The van der Waals surface area contributed by atoms with E-state index >= 15 is 0 Å². The smallest absolute Gasteiger partial charge is 0.329 e. The van der Waals surface area contributed by atoms with Crippen LogP contribution >= 0.6 is 11.6 Å². The summed E-state index contributed by atoms with van der Waals surface area (Å²) in [5.41, 5.74) is 4.75. The lowest BCUT2D eigenvalue weighted by Gasteiger charge is -2.07. The molecule has 0 aliphatic carbocycles. The van der Waals surface area contributed by atoms with E-state index in [0.29, 0.717) is 17.4 Å². The van der Waals surface area contributed by atoms with Gasteiger partial charge in [-0.2, -0.15) is 5.10 Å². The Morgan fingerprint density at radius 3 is 2.33 bits per heavy atom. The van der Waals surface area contributed by atoms with Gasteiger partial charge in [-0.15, -0.1) is 0 Å². The van der Waals surface area contributed by atoms with Gasteiger partial charge < -0.3 is 10.1 Å². The van der Waals surface area contributed by atoms with Gasteiger partial charge in [0.15, 0.2) is 0 Å². The minimum absolute atomic E-state index is 0.270. The third-order valence-corrected chi connectivity index (χ3v) is 4.48. The Hall–Kier alpha value is -3.64. The lowest BCUT2D eigenvalue weighted by atomic mass is 10.2. The van der Waals surface area contributed by atoms with Gasteiger partial charge in [0.05, 0.1) is 6.21 Å². The topological polar surface area (TPSA) is 79.8 Å². The number of rotatable bonds is 7. The number of hydrazone groups is 1. The van der Waals surface area contributed by atoms with Crippen LogP contribution in [0.3, 0.4) is 0 Å².